The van der Waals surface area contributed by atoms with Gasteiger partial charge < -0.3 is 89.2 Å². The highest BCUT2D eigenvalue weighted by Gasteiger charge is 2.35. The van der Waals surface area contributed by atoms with Gasteiger partial charge in [-0.3, -0.25) is 47.9 Å². The van der Waals surface area contributed by atoms with Gasteiger partial charge in [0.2, 0.25) is 0 Å². The number of aryl methyl sites for hydroxylation is 4. The lowest BCUT2D eigenvalue weighted by Crippen LogP contribution is -2.29. The third-order valence-electron chi connectivity index (χ3n) is 17.7. The number of nitrogens with one attached hydrogen (secondary N) is 5. The summed E-state index contributed by atoms with van der Waals surface area (Å²) in [6, 6.07) is 31.0. The van der Waals surface area contributed by atoms with Crippen molar-refractivity contribution in [3.8, 4) is 46.0 Å². The molecule has 10 rings (SSSR count). The number of alkyl halides is 6. The van der Waals surface area contributed by atoms with E-state index in [2.05, 4.69) is 26.6 Å². The van der Waals surface area contributed by atoms with E-state index in [9.17, 15) is 108 Å². The number of ether oxygens (including phenoxy) is 3. The number of amides is 5. The van der Waals surface area contributed by atoms with E-state index in [4.69, 9.17) is 83.8 Å². The summed E-state index contributed by atoms with van der Waals surface area (Å²) in [4.78, 5) is 120. The zero-order valence-electron chi connectivity index (χ0n) is 69.4. The Bertz CT molecular complexity index is 6040. The molecule has 0 aliphatic carbocycles. The molecule has 10 N–H and O–H groups in total. The number of aromatic hydroxyl groups is 5. The molecule has 0 aliphatic rings. The third-order valence-corrected chi connectivity index (χ3v) is 22.6. The van der Waals surface area contributed by atoms with Crippen LogP contribution in [0.3, 0.4) is 0 Å². The number of carbonyl (C=O) groups is 5. The Hall–Kier alpha value is -11.8. The number of halogens is 12. The van der Waals surface area contributed by atoms with Gasteiger partial charge in [-0.25, -0.2) is 8.42 Å². The maximum Gasteiger partial charge on any atom is 0.419 e. The summed E-state index contributed by atoms with van der Waals surface area (Å²) in [5, 5.41) is 63.8. The minimum Gasteiger partial charge on any atom is -0.502 e. The van der Waals surface area contributed by atoms with Crippen LogP contribution in [0.15, 0.2) is 198 Å². The molecule has 0 spiro atoms. The fourth-order valence-corrected chi connectivity index (χ4v) is 14.3. The number of hydrogen-bond donors (Lipinski definition) is 10. The van der Waals surface area contributed by atoms with Crippen molar-refractivity contribution in [3.05, 3.63) is 285 Å². The molecule has 5 heterocycles. The fraction of sp³-hybridized carbons (Fsp3) is 0.294. The molecular formula is C85H88Cl6F6N10O20S2. The highest BCUT2D eigenvalue weighted by Crippen LogP contribution is 2.38. The average molecular weight is 1960 g/mol. The molecule has 0 fully saturated rings. The minimum absolute atomic E-state index is 0.0183. The van der Waals surface area contributed by atoms with Gasteiger partial charge in [0.15, 0.2) is 44.3 Å². The molecule has 44 heteroatoms. The number of benzene rings is 5. The largest absolute Gasteiger partial charge is 0.502 e. The second kappa shape index (κ2) is 50.3. The van der Waals surface area contributed by atoms with Crippen molar-refractivity contribution < 1.29 is 98.5 Å². The molecule has 10 aromatic rings. The number of nitrogens with zero attached hydrogens (tertiary/aromatic N) is 5. The van der Waals surface area contributed by atoms with Crippen LogP contribution in [0.5, 0.6) is 46.0 Å². The monoisotopic (exact) mass is 1960 g/mol. The van der Waals surface area contributed by atoms with Crippen LogP contribution in [0.25, 0.3) is 0 Å². The Labute approximate surface area is 767 Å². The van der Waals surface area contributed by atoms with Crippen LogP contribution < -0.4 is 68.6 Å². The van der Waals surface area contributed by atoms with Crippen LogP contribution in [0, 0.1) is 5.92 Å². The quantitative estimate of drug-likeness (QED) is 0.0106. The zero-order valence-corrected chi connectivity index (χ0v) is 75.6. The zero-order chi connectivity index (χ0) is 95.8. The fourth-order valence-electron chi connectivity index (χ4n) is 10.9. The van der Waals surface area contributed by atoms with Gasteiger partial charge >= 0.3 is 12.4 Å². The molecule has 0 unspecified atom stereocenters. The van der Waals surface area contributed by atoms with E-state index in [1.54, 1.807) is 42.1 Å². The van der Waals surface area contributed by atoms with Crippen LogP contribution in [0.4, 0.5) is 26.3 Å². The Morgan fingerprint density at radius 3 is 1.10 bits per heavy atom. The first kappa shape index (κ1) is 106. The number of pyridine rings is 5. The summed E-state index contributed by atoms with van der Waals surface area (Å²) < 4.78 is 123. The van der Waals surface area contributed by atoms with Crippen molar-refractivity contribution >= 4 is 121 Å². The molecule has 5 aromatic carbocycles. The van der Waals surface area contributed by atoms with Gasteiger partial charge in [0, 0.05) is 103 Å². The van der Waals surface area contributed by atoms with Crippen LogP contribution >= 0.6 is 81.4 Å². The standard InChI is InChI=1S/C20H23F3N2O4.C17H17F3N2O4.C16H16Cl2N2O5S.C16H16Cl2N2O4.C16H16Cl2N2O3S/c1-13(2)12-25-10-8-14(17(26)19(25)28)18(27)24-9-5-11-29-16-7-4-3-6-15(16)20(21,22)23;1-22-9-7-11(14(23)16(22)25)15(24)21-8-4-10-26-13-6-3-2-5-12(13)17(18,19)20;1-20-7-5-11(14(21)16(20)23)15(22)19-6-2-8-26(24,25)10-3-4-12(17)13(18)9-10;1-20-8-6-10(13(21)16(20)23)15(22)19-7-3-9-24-14-11(17)4-2-5-12(14)18;1-20-7-5-11(14(21)16(20)23)15(22)19-6-2-8-24-10-3-4-12(17)13(18)9-10/h3-4,6-8,10,13,26H,5,9,11-12H2,1-2H3,(H,24,27);2-3,5-7,9,23H,4,8,10H2,1H3,(H,21,24);3-5,7,9,21H,2,6,8H2,1H3,(H,19,22);2,4-6,8,21H,3,7,9H2,1H3,(H,19,22);3-5,7,9,21H,2,6,8H2,1H3,(H,19,22). The first-order chi connectivity index (χ1) is 60.8. The Morgan fingerprint density at radius 2 is 0.736 bits per heavy atom. The Kier molecular flexibility index (Phi) is 41.3. The first-order valence-electron chi connectivity index (χ1n) is 38.6. The van der Waals surface area contributed by atoms with E-state index in [0.717, 1.165) is 38.3 Å². The summed E-state index contributed by atoms with van der Waals surface area (Å²) in [5.41, 5.74) is -5.58. The van der Waals surface area contributed by atoms with E-state index in [0.29, 0.717) is 58.5 Å². The molecule has 694 valence electrons. The lowest BCUT2D eigenvalue weighted by molar-refractivity contribution is -0.139. The second-order valence-corrected chi connectivity index (χ2v) is 33.6. The number of para-hydroxylation sites is 3. The molecule has 0 saturated heterocycles. The van der Waals surface area contributed by atoms with E-state index in [1.807, 2.05) is 19.9 Å². The molecule has 5 aromatic heterocycles. The van der Waals surface area contributed by atoms with Crippen molar-refractivity contribution in [2.45, 2.75) is 74.6 Å². The van der Waals surface area contributed by atoms with Crippen molar-refractivity contribution in [2.24, 2.45) is 34.1 Å². The SMILES string of the molecule is CC(C)Cn1ccc(C(=O)NCCCOc2ccccc2C(F)(F)F)c(O)c1=O.Cn1ccc(C(=O)NCCCOc2c(Cl)cccc2Cl)c(O)c1=O.Cn1ccc(C(=O)NCCCOc2ccccc2C(F)(F)F)c(O)c1=O.Cn1ccc(C(=O)NCCCS(=O)(=O)c2ccc(Cl)c(Cl)c2)c(O)c1=O.Cn1ccc(C(=O)NCCCSc2ccc(Cl)c(Cl)c2)c(O)c1=O. The van der Waals surface area contributed by atoms with Crippen LogP contribution in [0.2, 0.25) is 30.1 Å². The van der Waals surface area contributed by atoms with Crippen LogP contribution in [0.1, 0.15) is 109 Å². The summed E-state index contributed by atoms with van der Waals surface area (Å²) in [5.74, 6) is -5.44. The number of rotatable bonds is 32. The van der Waals surface area contributed by atoms with Crippen molar-refractivity contribution in [3.63, 3.8) is 0 Å². The molecular weight excluding hydrogens is 1870 g/mol. The highest BCUT2D eigenvalue weighted by atomic mass is 35.5. The van der Waals surface area contributed by atoms with Gasteiger partial charge in [0.1, 0.15) is 11.5 Å². The molecule has 5 amide bonds. The smallest absolute Gasteiger partial charge is 0.419 e. The molecule has 0 saturated carbocycles. The summed E-state index contributed by atoms with van der Waals surface area (Å²) in [6.45, 7) is 5.43. The maximum absolute atomic E-state index is 12.9. The van der Waals surface area contributed by atoms with Gasteiger partial charge in [0.25, 0.3) is 57.3 Å². The van der Waals surface area contributed by atoms with Gasteiger partial charge in [0.05, 0.1) is 99.5 Å². The predicted molar refractivity (Wildman–Crippen MR) is 477 cm³/mol. The van der Waals surface area contributed by atoms with E-state index in [1.165, 1.54) is 158 Å². The molecule has 30 nitrogen and oxygen atoms in total. The number of carbonyl (C=O) groups excluding carboxylic acids is 5. The van der Waals surface area contributed by atoms with Crippen molar-refractivity contribution in [2.75, 3.05) is 64.1 Å². The summed E-state index contributed by atoms with van der Waals surface area (Å²) >= 11 is 37.0. The lowest BCUT2D eigenvalue weighted by atomic mass is 10.2. The van der Waals surface area contributed by atoms with Gasteiger partial charge in [-0.05, 0) is 147 Å². The van der Waals surface area contributed by atoms with Gasteiger partial charge in [-0.2, -0.15) is 26.3 Å². The number of sulfone groups is 1. The Morgan fingerprint density at radius 1 is 0.403 bits per heavy atom. The van der Waals surface area contributed by atoms with Crippen molar-refractivity contribution in [1.29, 1.82) is 0 Å². The van der Waals surface area contributed by atoms with Crippen LogP contribution in [-0.4, -0.2) is 150 Å². The predicted octanol–water partition coefficient (Wildman–Crippen LogP) is 13.6. The topological polar surface area (TPSA) is 418 Å². The second-order valence-electron chi connectivity index (χ2n) is 27.9. The summed E-state index contributed by atoms with van der Waals surface area (Å²) in [7, 11) is 2.28. The molecule has 0 atom stereocenters. The van der Waals surface area contributed by atoms with Crippen molar-refractivity contribution in [1.82, 2.24) is 49.4 Å². The number of aromatic nitrogens is 5. The Balaban J connectivity index is 0.000000249. The van der Waals surface area contributed by atoms with E-state index >= 15 is 0 Å². The minimum atomic E-state index is -4.52. The average Bonchev–Trinajstić information content (AvgIpc) is 0.803. The summed E-state index contributed by atoms with van der Waals surface area (Å²) in [6.07, 6.45) is -0.196. The lowest BCUT2D eigenvalue weighted by Gasteiger charge is -2.14. The molecule has 0 bridgehead atoms. The third kappa shape index (κ3) is 32.1. The van der Waals surface area contributed by atoms with Crippen LogP contribution in [-0.2, 0) is 56.9 Å². The van der Waals surface area contributed by atoms with Gasteiger partial charge in [-0.1, -0.05) is 114 Å². The molecule has 0 radical (unpaired) electrons. The van der Waals surface area contributed by atoms with Gasteiger partial charge in [-0.15, -0.1) is 11.8 Å². The van der Waals surface area contributed by atoms with E-state index < -0.39 is 119 Å². The maximum atomic E-state index is 12.9. The first-order valence-corrected chi connectivity index (χ1v) is 43.5. The highest BCUT2D eigenvalue weighted by molar-refractivity contribution is 7.99. The molecule has 129 heavy (non-hydrogen) atoms. The number of thioether (sulfide) groups is 1. The normalized spacial score (nSPS) is 11.1. The number of hydrogen-bond acceptors (Lipinski definition) is 21. The molecule has 0 aliphatic heterocycles. The van der Waals surface area contributed by atoms with E-state index in [-0.39, 0.29) is 118 Å².